The fourth-order valence-corrected chi connectivity index (χ4v) is 1.40. The number of ether oxygens (including phenoxy) is 1. The molecular weight excluding hydrogens is 168 g/mol. The average Bonchev–Trinajstić information content (AvgIpc) is 2.01. The van der Waals surface area contributed by atoms with Crippen molar-refractivity contribution in [3.8, 4) is 0 Å². The number of carbonyl (C=O) groups is 1. The van der Waals surface area contributed by atoms with Gasteiger partial charge in [0.05, 0.1) is 0 Å². The minimum absolute atomic E-state index is 0.0916. The summed E-state index contributed by atoms with van der Waals surface area (Å²) >= 11 is 0. The Labute approximate surface area is 79.0 Å². The maximum atomic E-state index is 11.5. The second-order valence-electron chi connectivity index (χ2n) is 4.35. The highest BCUT2D eigenvalue weighted by Gasteiger charge is 2.33. The third-order valence-electron chi connectivity index (χ3n) is 2.24. The average molecular weight is 186 g/mol. The fourth-order valence-electron chi connectivity index (χ4n) is 1.40. The highest BCUT2D eigenvalue weighted by Crippen LogP contribution is 2.20. The van der Waals surface area contributed by atoms with Crippen molar-refractivity contribution in [1.29, 1.82) is 0 Å². The van der Waals surface area contributed by atoms with Crippen molar-refractivity contribution in [3.63, 3.8) is 0 Å². The van der Waals surface area contributed by atoms with Crippen molar-refractivity contribution in [2.24, 2.45) is 5.73 Å². The Balaban J connectivity index is 2.59. The molecule has 0 aromatic rings. The van der Waals surface area contributed by atoms with Crippen LogP contribution in [-0.2, 0) is 4.74 Å². The van der Waals surface area contributed by atoms with Crippen molar-refractivity contribution >= 4 is 6.09 Å². The predicted molar refractivity (Wildman–Crippen MR) is 50.4 cm³/mol. The molecule has 76 valence electrons. The second kappa shape index (κ2) is 3.54. The van der Waals surface area contributed by atoms with Gasteiger partial charge < -0.3 is 15.4 Å². The SMILES string of the molecule is CC(C)(C)N1CCC(CN)OC1=O. The third kappa shape index (κ3) is 2.34. The van der Waals surface area contributed by atoms with E-state index in [9.17, 15) is 4.79 Å². The first-order valence-corrected chi connectivity index (χ1v) is 4.63. The Hall–Kier alpha value is -0.770. The number of nitrogens with two attached hydrogens (primary N) is 1. The van der Waals surface area contributed by atoms with Gasteiger partial charge >= 0.3 is 6.09 Å². The number of nitrogens with zero attached hydrogens (tertiary/aromatic N) is 1. The van der Waals surface area contributed by atoms with Gasteiger partial charge in [-0.3, -0.25) is 0 Å². The number of cyclic esters (lactones) is 1. The van der Waals surface area contributed by atoms with Crippen LogP contribution in [0.2, 0.25) is 0 Å². The van der Waals surface area contributed by atoms with Crippen LogP contribution in [0.25, 0.3) is 0 Å². The molecule has 0 aromatic carbocycles. The number of carbonyl (C=O) groups excluding carboxylic acids is 1. The highest BCUT2D eigenvalue weighted by molar-refractivity contribution is 5.69. The second-order valence-corrected chi connectivity index (χ2v) is 4.35. The molecule has 1 unspecified atom stereocenters. The quantitative estimate of drug-likeness (QED) is 0.663. The first kappa shape index (κ1) is 10.3. The van der Waals surface area contributed by atoms with E-state index in [0.717, 1.165) is 13.0 Å². The summed E-state index contributed by atoms with van der Waals surface area (Å²) in [6.45, 7) is 7.15. The molecule has 1 rings (SSSR count). The summed E-state index contributed by atoms with van der Waals surface area (Å²) in [5.74, 6) is 0. The molecule has 1 aliphatic heterocycles. The zero-order chi connectivity index (χ0) is 10.1. The maximum absolute atomic E-state index is 11.5. The Bertz CT molecular complexity index is 198. The summed E-state index contributed by atoms with van der Waals surface area (Å²) in [4.78, 5) is 13.2. The topological polar surface area (TPSA) is 55.6 Å². The third-order valence-corrected chi connectivity index (χ3v) is 2.24. The van der Waals surface area contributed by atoms with Crippen LogP contribution in [-0.4, -0.2) is 35.7 Å². The summed E-state index contributed by atoms with van der Waals surface area (Å²) in [7, 11) is 0. The fraction of sp³-hybridized carbons (Fsp3) is 0.889. The summed E-state index contributed by atoms with van der Waals surface area (Å²) in [5, 5.41) is 0. The molecule has 13 heavy (non-hydrogen) atoms. The first-order chi connectivity index (χ1) is 5.95. The Kier molecular flexibility index (Phi) is 2.81. The van der Waals surface area contributed by atoms with Crippen LogP contribution in [0.4, 0.5) is 4.79 Å². The van der Waals surface area contributed by atoms with Crippen molar-refractivity contribution in [1.82, 2.24) is 4.90 Å². The van der Waals surface area contributed by atoms with Gasteiger partial charge in [-0.15, -0.1) is 0 Å². The minimum atomic E-state index is -0.241. The van der Waals surface area contributed by atoms with E-state index in [0.29, 0.717) is 6.54 Å². The van der Waals surface area contributed by atoms with Gasteiger partial charge in [0, 0.05) is 25.0 Å². The summed E-state index contributed by atoms with van der Waals surface area (Å²) in [6.07, 6.45) is 0.500. The molecule has 2 N–H and O–H groups in total. The normalized spacial score (nSPS) is 24.5. The smallest absolute Gasteiger partial charge is 0.410 e. The highest BCUT2D eigenvalue weighted by atomic mass is 16.6. The van der Waals surface area contributed by atoms with Crippen molar-refractivity contribution in [2.75, 3.05) is 13.1 Å². The number of rotatable bonds is 1. The molecule has 0 aromatic heterocycles. The van der Waals surface area contributed by atoms with Gasteiger partial charge in [-0.2, -0.15) is 0 Å². The molecule has 1 saturated heterocycles. The van der Waals surface area contributed by atoms with Crippen LogP contribution >= 0.6 is 0 Å². The monoisotopic (exact) mass is 186 g/mol. The lowest BCUT2D eigenvalue weighted by Gasteiger charge is -2.39. The summed E-state index contributed by atoms with van der Waals surface area (Å²) < 4.78 is 5.14. The number of hydrogen-bond acceptors (Lipinski definition) is 3. The lowest BCUT2D eigenvalue weighted by atomic mass is 10.0. The predicted octanol–water partition coefficient (Wildman–Crippen LogP) is 0.955. The van der Waals surface area contributed by atoms with Crippen LogP contribution < -0.4 is 5.73 Å². The molecule has 0 saturated carbocycles. The van der Waals surface area contributed by atoms with E-state index in [1.807, 2.05) is 20.8 Å². The molecule has 1 atom stereocenters. The minimum Gasteiger partial charge on any atom is -0.445 e. The molecule has 4 nitrogen and oxygen atoms in total. The van der Waals surface area contributed by atoms with Crippen molar-refractivity contribution < 1.29 is 9.53 Å². The zero-order valence-corrected chi connectivity index (χ0v) is 8.54. The molecule has 4 heteroatoms. The van der Waals surface area contributed by atoms with Gasteiger partial charge in [0.2, 0.25) is 0 Å². The van der Waals surface area contributed by atoms with E-state index in [-0.39, 0.29) is 17.7 Å². The molecule has 1 amide bonds. The van der Waals surface area contributed by atoms with Gasteiger partial charge in [0.25, 0.3) is 0 Å². The van der Waals surface area contributed by atoms with Crippen molar-refractivity contribution in [3.05, 3.63) is 0 Å². The largest absolute Gasteiger partial charge is 0.445 e. The van der Waals surface area contributed by atoms with E-state index in [4.69, 9.17) is 10.5 Å². The van der Waals surface area contributed by atoms with E-state index < -0.39 is 0 Å². The van der Waals surface area contributed by atoms with Crippen molar-refractivity contribution in [2.45, 2.75) is 38.8 Å². The number of amides is 1. The Morgan fingerprint density at radius 3 is 2.62 bits per heavy atom. The Morgan fingerprint density at radius 1 is 1.62 bits per heavy atom. The molecule has 0 radical (unpaired) electrons. The number of hydrogen-bond donors (Lipinski definition) is 1. The van der Waals surface area contributed by atoms with E-state index in [2.05, 4.69) is 0 Å². The van der Waals surface area contributed by atoms with Crippen LogP contribution in [0.5, 0.6) is 0 Å². The molecule has 0 bridgehead atoms. The standard InChI is InChI=1S/C9H18N2O2/c1-9(2,3)11-5-4-7(6-10)13-8(11)12/h7H,4-6,10H2,1-3H3. The van der Waals surface area contributed by atoms with E-state index in [1.165, 1.54) is 0 Å². The van der Waals surface area contributed by atoms with Crippen LogP contribution in [0, 0.1) is 0 Å². The molecule has 1 aliphatic rings. The van der Waals surface area contributed by atoms with Crippen LogP contribution in [0.3, 0.4) is 0 Å². The lowest BCUT2D eigenvalue weighted by molar-refractivity contribution is 0.000719. The van der Waals surface area contributed by atoms with E-state index >= 15 is 0 Å². The van der Waals surface area contributed by atoms with Crippen LogP contribution in [0.1, 0.15) is 27.2 Å². The first-order valence-electron chi connectivity index (χ1n) is 4.63. The maximum Gasteiger partial charge on any atom is 0.410 e. The molecular formula is C9H18N2O2. The summed E-state index contributed by atoms with van der Waals surface area (Å²) in [6, 6.07) is 0. The molecule has 1 fully saturated rings. The van der Waals surface area contributed by atoms with Gasteiger partial charge in [-0.25, -0.2) is 4.79 Å². The zero-order valence-electron chi connectivity index (χ0n) is 8.54. The Morgan fingerprint density at radius 2 is 2.23 bits per heavy atom. The van der Waals surface area contributed by atoms with Gasteiger partial charge in [-0.1, -0.05) is 0 Å². The van der Waals surface area contributed by atoms with E-state index in [1.54, 1.807) is 4.90 Å². The molecule has 0 aliphatic carbocycles. The van der Waals surface area contributed by atoms with Gasteiger partial charge in [0.15, 0.2) is 0 Å². The van der Waals surface area contributed by atoms with Crippen LogP contribution in [0.15, 0.2) is 0 Å². The molecule has 1 heterocycles. The lowest BCUT2D eigenvalue weighted by Crippen LogP contribution is -2.52. The van der Waals surface area contributed by atoms with Gasteiger partial charge in [-0.05, 0) is 20.8 Å². The van der Waals surface area contributed by atoms with Gasteiger partial charge in [0.1, 0.15) is 6.10 Å². The summed E-state index contributed by atoms with van der Waals surface area (Å²) in [5.41, 5.74) is 5.27. The molecule has 0 spiro atoms.